The average molecular weight is 873 g/mol. The zero-order valence-corrected chi connectivity index (χ0v) is 36.0. The summed E-state index contributed by atoms with van der Waals surface area (Å²) in [6, 6.07) is 44.4. The van der Waals surface area contributed by atoms with Crippen LogP contribution in [0.5, 0.6) is 0 Å². The second-order valence-corrected chi connectivity index (χ2v) is 18.9. The van der Waals surface area contributed by atoms with Crippen LogP contribution in [-0.2, 0) is 17.8 Å². The highest BCUT2D eigenvalue weighted by molar-refractivity contribution is 7.00. The number of benzene rings is 8. The second-order valence-electron chi connectivity index (χ2n) is 18.9. The fourth-order valence-electron chi connectivity index (χ4n) is 12.6. The first-order chi connectivity index (χ1) is 31.6. The molecule has 4 aliphatic rings. The Kier molecular flexibility index (Phi) is 7.00. The van der Waals surface area contributed by atoms with Crippen LogP contribution in [0.25, 0.3) is 77.6 Å². The van der Waals surface area contributed by atoms with Crippen LogP contribution in [0.15, 0.2) is 140 Å². The minimum atomic E-state index is -4.80. The van der Waals surface area contributed by atoms with Gasteiger partial charge < -0.3 is 9.13 Å². The van der Waals surface area contributed by atoms with E-state index in [1.165, 1.54) is 12.1 Å². The van der Waals surface area contributed by atoms with Crippen molar-refractivity contribution in [2.24, 2.45) is 0 Å². The van der Waals surface area contributed by atoms with Crippen molar-refractivity contribution in [3.05, 3.63) is 195 Å². The predicted octanol–water partition coefficient (Wildman–Crippen LogP) is 13.2. The van der Waals surface area contributed by atoms with Gasteiger partial charge in [0.2, 0.25) is 0 Å². The molecular weight excluding hydrogens is 837 g/mol. The van der Waals surface area contributed by atoms with Crippen molar-refractivity contribution >= 4 is 55.8 Å². The lowest BCUT2D eigenvalue weighted by Crippen LogP contribution is -2.60. The zero-order chi connectivity index (χ0) is 45.1. The second kappa shape index (κ2) is 12.1. The monoisotopic (exact) mass is 872 g/mol. The molecule has 0 fully saturated rings. The molecule has 1 spiro atoms. The largest absolute Gasteiger partial charge is 0.416 e. The van der Waals surface area contributed by atoms with E-state index in [1.807, 2.05) is 42.7 Å². The fraction of sp³-hybridized carbons (Fsp3) is 0.123. The molecule has 0 saturated carbocycles. The maximum atomic E-state index is 15.5. The third-order valence-electron chi connectivity index (χ3n) is 15.2. The summed E-state index contributed by atoms with van der Waals surface area (Å²) in [5.74, 6) is 0. The first-order valence-electron chi connectivity index (χ1n) is 22.2. The molecular formula is C57H35BF6N2. The zero-order valence-electron chi connectivity index (χ0n) is 36.0. The summed E-state index contributed by atoms with van der Waals surface area (Å²) >= 11 is 0. The summed E-state index contributed by atoms with van der Waals surface area (Å²) in [4.78, 5) is 0. The van der Waals surface area contributed by atoms with E-state index >= 15 is 26.3 Å². The Hall–Kier alpha value is -7.26. The Morgan fingerprint density at radius 2 is 1.02 bits per heavy atom. The van der Waals surface area contributed by atoms with E-state index in [0.717, 1.165) is 118 Å². The molecule has 2 nitrogen and oxygen atoms in total. The SMILES string of the molecule is Cc1ccc(-c2c(-c3ccc(C)cc3)n3c4c(cccc24)B2c4c-3ccc3c4-n4c5c2cc(C(F)(F)F)cc5c2cc(C(F)(F)F)cc(c24)C32c3cc(C)ccc3-c3ccc(C)cc32)cc1. The van der Waals surface area contributed by atoms with Crippen molar-refractivity contribution in [2.75, 3.05) is 0 Å². The Morgan fingerprint density at radius 1 is 0.455 bits per heavy atom. The summed E-state index contributed by atoms with van der Waals surface area (Å²) in [5.41, 5.74) is 15.4. The van der Waals surface area contributed by atoms with Crippen LogP contribution in [0.3, 0.4) is 0 Å². The number of alkyl halides is 6. The van der Waals surface area contributed by atoms with E-state index in [4.69, 9.17) is 0 Å². The lowest BCUT2D eigenvalue weighted by Gasteiger charge is -2.44. The highest BCUT2D eigenvalue weighted by Crippen LogP contribution is 2.63. The molecule has 3 aliphatic heterocycles. The number of nitrogens with zero attached hydrogens (tertiary/aromatic N) is 2. The van der Waals surface area contributed by atoms with E-state index in [0.29, 0.717) is 22.1 Å². The van der Waals surface area contributed by atoms with Crippen LogP contribution >= 0.6 is 0 Å². The summed E-state index contributed by atoms with van der Waals surface area (Å²) in [5, 5.41) is 1.27. The van der Waals surface area contributed by atoms with Gasteiger partial charge in [-0.05, 0) is 113 Å². The summed E-state index contributed by atoms with van der Waals surface area (Å²) in [7, 11) is 0. The normalized spacial score (nSPS) is 14.6. The molecule has 0 unspecified atom stereocenters. The van der Waals surface area contributed by atoms with Crippen LogP contribution in [0, 0.1) is 27.7 Å². The maximum absolute atomic E-state index is 15.5. The van der Waals surface area contributed by atoms with Gasteiger partial charge in [-0.1, -0.05) is 138 Å². The van der Waals surface area contributed by atoms with Gasteiger partial charge in [0, 0.05) is 44.1 Å². The van der Waals surface area contributed by atoms with Gasteiger partial charge in [-0.2, -0.15) is 26.3 Å². The van der Waals surface area contributed by atoms with Crippen molar-refractivity contribution in [1.82, 2.24) is 9.13 Å². The van der Waals surface area contributed by atoms with Gasteiger partial charge in [0.15, 0.2) is 0 Å². The molecule has 9 heteroatoms. The van der Waals surface area contributed by atoms with Gasteiger partial charge in [-0.3, -0.25) is 0 Å². The smallest absolute Gasteiger partial charge is 0.310 e. The third-order valence-corrected chi connectivity index (χ3v) is 15.2. The van der Waals surface area contributed by atoms with E-state index < -0.39 is 35.6 Å². The molecule has 14 rings (SSSR count). The molecule has 10 aromatic rings. The van der Waals surface area contributed by atoms with Gasteiger partial charge >= 0.3 is 12.4 Å². The Labute approximate surface area is 375 Å². The molecule has 0 amide bonds. The number of halogens is 6. The molecule has 0 bridgehead atoms. The van der Waals surface area contributed by atoms with E-state index in [2.05, 4.69) is 109 Å². The van der Waals surface area contributed by atoms with Gasteiger partial charge in [-0.15, -0.1) is 0 Å². The molecule has 1 aliphatic carbocycles. The summed E-state index contributed by atoms with van der Waals surface area (Å²) in [6.07, 6.45) is -9.58. The van der Waals surface area contributed by atoms with Crippen LogP contribution in [0.4, 0.5) is 26.3 Å². The lowest BCUT2D eigenvalue weighted by atomic mass is 9.33. The number of rotatable bonds is 2. The lowest BCUT2D eigenvalue weighted by molar-refractivity contribution is -0.138. The van der Waals surface area contributed by atoms with Gasteiger partial charge in [0.25, 0.3) is 6.71 Å². The quantitative estimate of drug-likeness (QED) is 0.121. The van der Waals surface area contributed by atoms with Crippen LogP contribution < -0.4 is 16.4 Å². The van der Waals surface area contributed by atoms with Gasteiger partial charge in [0.05, 0.1) is 27.8 Å². The number of aryl methyl sites for hydroxylation is 4. The molecule has 0 atom stereocenters. The van der Waals surface area contributed by atoms with Crippen molar-refractivity contribution in [2.45, 2.75) is 45.5 Å². The van der Waals surface area contributed by atoms with E-state index in [-0.39, 0.29) is 10.8 Å². The number of para-hydroxylation sites is 1. The average Bonchev–Trinajstić information content (AvgIpc) is 3.90. The molecule has 2 aromatic heterocycles. The number of hydrogen-bond donors (Lipinski definition) is 0. The standard InChI is InChI=1S/C57H35BF6N2/c1-28-8-14-32(15-9-28)48-38-6-5-7-45-52(38)65(50(48)33-16-10-29(2)11-17-33)47-21-20-41-54-49(47)58(45)46-27-35(57(62,63)64)25-40-39-24-34(56(59,60)61)26-44(51(39)66(54)53(40)46)55(41)42-22-30(3)12-18-36(42)37-19-13-31(4)23-43(37)55/h5-27H,1-4H3. The molecule has 66 heavy (non-hydrogen) atoms. The Morgan fingerprint density at radius 3 is 1.64 bits per heavy atom. The summed E-state index contributed by atoms with van der Waals surface area (Å²) in [6.45, 7) is 7.40. The Bertz CT molecular complexity index is 3830. The van der Waals surface area contributed by atoms with Gasteiger partial charge in [0.1, 0.15) is 0 Å². The van der Waals surface area contributed by atoms with Crippen LogP contribution in [0.1, 0.15) is 55.6 Å². The number of aromatic nitrogens is 2. The predicted molar refractivity (Wildman–Crippen MR) is 253 cm³/mol. The third kappa shape index (κ3) is 4.51. The number of hydrogen-bond acceptors (Lipinski definition) is 0. The molecule has 318 valence electrons. The molecule has 0 saturated heterocycles. The fourth-order valence-corrected chi connectivity index (χ4v) is 12.6. The first kappa shape index (κ1) is 38.1. The van der Waals surface area contributed by atoms with E-state index in [1.54, 1.807) is 0 Å². The van der Waals surface area contributed by atoms with E-state index in [9.17, 15) is 0 Å². The van der Waals surface area contributed by atoms with Crippen molar-refractivity contribution in [1.29, 1.82) is 0 Å². The van der Waals surface area contributed by atoms with Crippen molar-refractivity contribution in [3.63, 3.8) is 0 Å². The van der Waals surface area contributed by atoms with Crippen LogP contribution in [0.2, 0.25) is 0 Å². The molecule has 5 heterocycles. The van der Waals surface area contributed by atoms with Crippen molar-refractivity contribution in [3.8, 4) is 44.9 Å². The highest BCUT2D eigenvalue weighted by Gasteiger charge is 2.55. The minimum absolute atomic E-state index is 0.151. The molecule has 8 aromatic carbocycles. The topological polar surface area (TPSA) is 9.86 Å². The molecule has 0 N–H and O–H groups in total. The molecule has 0 radical (unpaired) electrons. The minimum Gasteiger partial charge on any atom is -0.310 e. The van der Waals surface area contributed by atoms with Crippen LogP contribution in [-0.4, -0.2) is 15.8 Å². The first-order valence-corrected chi connectivity index (χ1v) is 22.2. The Balaban J connectivity index is 1.25. The maximum Gasteiger partial charge on any atom is 0.416 e. The van der Waals surface area contributed by atoms with Gasteiger partial charge in [-0.25, -0.2) is 0 Å². The number of fused-ring (bicyclic) bond motifs is 11. The van der Waals surface area contributed by atoms with Crippen molar-refractivity contribution < 1.29 is 26.3 Å². The summed E-state index contributed by atoms with van der Waals surface area (Å²) < 4.78 is 97.2. The highest BCUT2D eigenvalue weighted by atomic mass is 19.4.